The van der Waals surface area contributed by atoms with Crippen LogP contribution in [0.15, 0.2) is 5.38 Å². The number of nitrogens with one attached hydrogen (secondary N) is 1. The minimum Gasteiger partial charge on any atom is -0.376 e. The molecular formula is C10H16N2O2S. The van der Waals surface area contributed by atoms with Gasteiger partial charge in [-0.25, -0.2) is 4.98 Å². The van der Waals surface area contributed by atoms with Crippen LogP contribution in [0.1, 0.15) is 23.7 Å². The summed E-state index contributed by atoms with van der Waals surface area (Å²) in [5.74, 6) is 0. The number of hydrogen-bond acceptors (Lipinski definition) is 5. The molecule has 1 aliphatic heterocycles. The number of hydrogen-bond donors (Lipinski definition) is 1. The van der Waals surface area contributed by atoms with Crippen molar-refractivity contribution in [1.29, 1.82) is 0 Å². The molecule has 0 amide bonds. The molecule has 15 heavy (non-hydrogen) atoms. The molecule has 1 fully saturated rings. The number of aromatic nitrogens is 1. The van der Waals surface area contributed by atoms with Gasteiger partial charge in [-0.3, -0.25) is 0 Å². The van der Waals surface area contributed by atoms with Crippen LogP contribution < -0.4 is 5.32 Å². The van der Waals surface area contributed by atoms with Crippen LogP contribution in [0, 0.1) is 0 Å². The molecule has 2 heterocycles. The zero-order chi connectivity index (χ0) is 10.5. The standard InChI is InChI=1S/C10H16N2O2S/c1-2-11-5-8-7-15-10(12-8)9-6-13-3-4-14-9/h7,9,11H,2-6H2,1H3. The molecule has 84 valence electrons. The summed E-state index contributed by atoms with van der Waals surface area (Å²) >= 11 is 1.65. The van der Waals surface area contributed by atoms with E-state index < -0.39 is 0 Å². The second kappa shape index (κ2) is 5.55. The van der Waals surface area contributed by atoms with Gasteiger partial charge in [0.1, 0.15) is 11.1 Å². The Kier molecular flexibility index (Phi) is 4.08. The largest absolute Gasteiger partial charge is 0.376 e. The minimum absolute atomic E-state index is 0.0409. The van der Waals surface area contributed by atoms with Gasteiger partial charge < -0.3 is 14.8 Å². The first kappa shape index (κ1) is 11.0. The van der Waals surface area contributed by atoms with Crippen molar-refractivity contribution in [3.8, 4) is 0 Å². The highest BCUT2D eigenvalue weighted by Gasteiger charge is 2.19. The molecule has 0 aliphatic carbocycles. The molecule has 1 saturated heterocycles. The van der Waals surface area contributed by atoms with Crippen LogP contribution in [0.4, 0.5) is 0 Å². The highest BCUT2D eigenvalue weighted by Crippen LogP contribution is 2.23. The van der Waals surface area contributed by atoms with Gasteiger partial charge in [0.15, 0.2) is 0 Å². The summed E-state index contributed by atoms with van der Waals surface area (Å²) in [6, 6.07) is 0. The number of rotatable bonds is 4. The van der Waals surface area contributed by atoms with E-state index in [9.17, 15) is 0 Å². The van der Waals surface area contributed by atoms with Crippen molar-refractivity contribution in [1.82, 2.24) is 10.3 Å². The van der Waals surface area contributed by atoms with Crippen LogP contribution in [-0.4, -0.2) is 31.3 Å². The van der Waals surface area contributed by atoms with Crippen molar-refractivity contribution in [3.05, 3.63) is 16.1 Å². The van der Waals surface area contributed by atoms with Crippen molar-refractivity contribution < 1.29 is 9.47 Å². The smallest absolute Gasteiger partial charge is 0.132 e. The third kappa shape index (κ3) is 2.98. The van der Waals surface area contributed by atoms with Crippen molar-refractivity contribution in [2.24, 2.45) is 0 Å². The van der Waals surface area contributed by atoms with Crippen molar-refractivity contribution in [2.75, 3.05) is 26.4 Å². The van der Waals surface area contributed by atoms with Gasteiger partial charge >= 0.3 is 0 Å². The molecule has 1 aromatic heterocycles. The molecule has 1 aliphatic rings. The molecular weight excluding hydrogens is 212 g/mol. The van der Waals surface area contributed by atoms with E-state index in [0.717, 1.165) is 23.8 Å². The van der Waals surface area contributed by atoms with Gasteiger partial charge in [0.05, 0.1) is 25.5 Å². The van der Waals surface area contributed by atoms with E-state index in [2.05, 4.69) is 22.6 Å². The molecule has 2 rings (SSSR count). The second-order valence-electron chi connectivity index (χ2n) is 3.39. The molecule has 0 bridgehead atoms. The average Bonchev–Trinajstić information content (AvgIpc) is 2.76. The van der Waals surface area contributed by atoms with E-state index >= 15 is 0 Å². The zero-order valence-corrected chi connectivity index (χ0v) is 9.68. The number of thiazole rings is 1. The van der Waals surface area contributed by atoms with Gasteiger partial charge in [-0.2, -0.15) is 0 Å². The van der Waals surface area contributed by atoms with Gasteiger partial charge in [0.2, 0.25) is 0 Å². The van der Waals surface area contributed by atoms with E-state index in [0.29, 0.717) is 19.8 Å². The molecule has 1 N–H and O–H groups in total. The Balaban J connectivity index is 1.93. The molecule has 0 radical (unpaired) electrons. The summed E-state index contributed by atoms with van der Waals surface area (Å²) in [4.78, 5) is 4.52. The highest BCUT2D eigenvalue weighted by atomic mass is 32.1. The molecule has 4 nitrogen and oxygen atoms in total. The van der Waals surface area contributed by atoms with E-state index in [1.54, 1.807) is 11.3 Å². The summed E-state index contributed by atoms with van der Waals surface area (Å²) in [5.41, 5.74) is 1.09. The van der Waals surface area contributed by atoms with E-state index in [1.807, 2.05) is 0 Å². The Morgan fingerprint density at radius 2 is 2.53 bits per heavy atom. The zero-order valence-electron chi connectivity index (χ0n) is 8.86. The quantitative estimate of drug-likeness (QED) is 0.844. The highest BCUT2D eigenvalue weighted by molar-refractivity contribution is 7.09. The van der Waals surface area contributed by atoms with E-state index in [1.165, 1.54) is 0 Å². The van der Waals surface area contributed by atoms with Crippen molar-refractivity contribution in [3.63, 3.8) is 0 Å². The molecule has 1 aromatic rings. The monoisotopic (exact) mass is 228 g/mol. The third-order valence-corrected chi connectivity index (χ3v) is 3.20. The molecule has 1 unspecified atom stereocenters. The topological polar surface area (TPSA) is 43.4 Å². The molecule has 0 saturated carbocycles. The Hall–Kier alpha value is -0.490. The van der Waals surface area contributed by atoms with Crippen molar-refractivity contribution in [2.45, 2.75) is 19.6 Å². The fraction of sp³-hybridized carbons (Fsp3) is 0.700. The second-order valence-corrected chi connectivity index (χ2v) is 4.28. The first-order valence-corrected chi connectivity index (χ1v) is 6.12. The lowest BCUT2D eigenvalue weighted by Crippen LogP contribution is -2.22. The van der Waals surface area contributed by atoms with Gasteiger partial charge in [-0.05, 0) is 6.54 Å². The average molecular weight is 228 g/mol. The fourth-order valence-corrected chi connectivity index (χ4v) is 2.29. The fourth-order valence-electron chi connectivity index (χ4n) is 1.44. The Morgan fingerprint density at radius 1 is 1.60 bits per heavy atom. The number of nitrogens with zero attached hydrogens (tertiary/aromatic N) is 1. The van der Waals surface area contributed by atoms with Crippen LogP contribution in [0.5, 0.6) is 0 Å². The molecule has 5 heteroatoms. The van der Waals surface area contributed by atoms with Crippen molar-refractivity contribution >= 4 is 11.3 Å². The third-order valence-electron chi connectivity index (χ3n) is 2.22. The maximum Gasteiger partial charge on any atom is 0.132 e. The van der Waals surface area contributed by atoms with Gasteiger partial charge in [-0.1, -0.05) is 6.92 Å². The van der Waals surface area contributed by atoms with Gasteiger partial charge in [0, 0.05) is 11.9 Å². The first-order chi connectivity index (χ1) is 7.40. The Labute approximate surface area is 93.6 Å². The van der Waals surface area contributed by atoms with Crippen LogP contribution in [-0.2, 0) is 16.0 Å². The van der Waals surface area contributed by atoms with Crippen LogP contribution in [0.2, 0.25) is 0 Å². The summed E-state index contributed by atoms with van der Waals surface area (Å²) in [6.45, 7) is 5.90. The SMILES string of the molecule is CCNCc1csc(C2COCCO2)n1. The number of ether oxygens (including phenoxy) is 2. The van der Waals surface area contributed by atoms with Crippen LogP contribution in [0.3, 0.4) is 0 Å². The van der Waals surface area contributed by atoms with E-state index in [-0.39, 0.29) is 6.10 Å². The van der Waals surface area contributed by atoms with Crippen LogP contribution in [0.25, 0.3) is 0 Å². The Bertz CT molecular complexity index is 297. The predicted octanol–water partition coefficient (Wildman–Crippen LogP) is 1.34. The Morgan fingerprint density at radius 3 is 3.27 bits per heavy atom. The summed E-state index contributed by atoms with van der Waals surface area (Å²) in [7, 11) is 0. The lowest BCUT2D eigenvalue weighted by molar-refractivity contribution is -0.0902. The maximum absolute atomic E-state index is 5.58. The summed E-state index contributed by atoms with van der Waals surface area (Å²) in [6.07, 6.45) is 0.0409. The maximum atomic E-state index is 5.58. The first-order valence-electron chi connectivity index (χ1n) is 5.24. The summed E-state index contributed by atoms with van der Waals surface area (Å²) < 4.78 is 10.9. The molecule has 1 atom stereocenters. The molecule has 0 aromatic carbocycles. The lowest BCUT2D eigenvalue weighted by Gasteiger charge is -2.20. The van der Waals surface area contributed by atoms with Gasteiger partial charge in [-0.15, -0.1) is 11.3 Å². The summed E-state index contributed by atoms with van der Waals surface area (Å²) in [5, 5.41) is 6.36. The minimum atomic E-state index is 0.0409. The molecule has 0 spiro atoms. The lowest BCUT2D eigenvalue weighted by atomic mass is 10.3. The van der Waals surface area contributed by atoms with E-state index in [4.69, 9.17) is 9.47 Å². The van der Waals surface area contributed by atoms with Gasteiger partial charge in [0.25, 0.3) is 0 Å². The normalized spacial score (nSPS) is 21.8. The predicted molar refractivity (Wildman–Crippen MR) is 59.0 cm³/mol. The van der Waals surface area contributed by atoms with Crippen LogP contribution >= 0.6 is 11.3 Å².